The molecule has 1 heterocycles. The minimum Gasteiger partial charge on any atom is -0.302 e. The molecule has 3 nitrogen and oxygen atoms in total. The van der Waals surface area contributed by atoms with E-state index < -0.39 is 0 Å². The number of nitrogens with zero attached hydrogens (tertiary/aromatic N) is 2. The van der Waals surface area contributed by atoms with Crippen molar-refractivity contribution in [2.24, 2.45) is 0 Å². The van der Waals surface area contributed by atoms with Crippen LogP contribution in [0.3, 0.4) is 0 Å². The first-order chi connectivity index (χ1) is 6.09. The second-order valence-corrected chi connectivity index (χ2v) is 3.42. The molecule has 13 heavy (non-hydrogen) atoms. The lowest BCUT2D eigenvalue weighted by atomic mass is 10.2. The first kappa shape index (κ1) is 10.2. The Morgan fingerprint density at radius 3 is 2.85 bits per heavy atom. The Balaban J connectivity index is 2.77. The highest BCUT2D eigenvalue weighted by molar-refractivity contribution is 6.29. The third-order valence-corrected chi connectivity index (χ3v) is 1.72. The predicted molar refractivity (Wildman–Crippen MR) is 52.1 cm³/mol. The lowest BCUT2D eigenvalue weighted by Crippen LogP contribution is -2.21. The number of Topliss-reactive ketones (excluding diaryl/α,β-unsaturated/α-hetero) is 1. The highest BCUT2D eigenvalue weighted by Crippen LogP contribution is 2.07. The van der Waals surface area contributed by atoms with Crippen LogP contribution in [-0.4, -0.2) is 36.3 Å². The summed E-state index contributed by atoms with van der Waals surface area (Å²) in [6.45, 7) is 0.389. The van der Waals surface area contributed by atoms with Crippen molar-refractivity contribution in [3.05, 3.63) is 29.0 Å². The Hall–Kier alpha value is -0.930. The maximum absolute atomic E-state index is 11.5. The molecule has 0 radical (unpaired) electrons. The zero-order valence-corrected chi connectivity index (χ0v) is 8.38. The number of carbonyl (C=O) groups excluding carboxylic acids is 1. The maximum Gasteiger partial charge on any atom is 0.176 e. The van der Waals surface area contributed by atoms with E-state index in [1.165, 1.54) is 6.20 Å². The summed E-state index contributed by atoms with van der Waals surface area (Å²) in [5.41, 5.74) is 0.605. The van der Waals surface area contributed by atoms with Crippen LogP contribution in [0.15, 0.2) is 18.3 Å². The number of hydrogen-bond donors (Lipinski definition) is 0. The van der Waals surface area contributed by atoms with Crippen LogP contribution in [0, 0.1) is 0 Å². The van der Waals surface area contributed by atoms with E-state index >= 15 is 0 Å². The van der Waals surface area contributed by atoms with Crippen LogP contribution in [0.25, 0.3) is 0 Å². The summed E-state index contributed by atoms with van der Waals surface area (Å²) < 4.78 is 0. The smallest absolute Gasteiger partial charge is 0.176 e. The third kappa shape index (κ3) is 3.13. The summed E-state index contributed by atoms with van der Waals surface area (Å²) in [4.78, 5) is 17.1. The van der Waals surface area contributed by atoms with Crippen LogP contribution >= 0.6 is 11.6 Å². The average Bonchev–Trinajstić information content (AvgIpc) is 2.03. The van der Waals surface area contributed by atoms with Gasteiger partial charge < -0.3 is 4.90 Å². The molecule has 0 saturated carbocycles. The molecule has 0 aromatic carbocycles. The molecule has 0 aliphatic rings. The lowest BCUT2D eigenvalue weighted by Gasteiger charge is -2.07. The van der Waals surface area contributed by atoms with E-state index in [0.29, 0.717) is 17.3 Å². The number of hydrogen-bond acceptors (Lipinski definition) is 3. The lowest BCUT2D eigenvalue weighted by molar-refractivity contribution is 0.0957. The first-order valence-corrected chi connectivity index (χ1v) is 4.27. The van der Waals surface area contributed by atoms with E-state index in [2.05, 4.69) is 4.98 Å². The predicted octanol–water partition coefficient (Wildman–Crippen LogP) is 1.48. The van der Waals surface area contributed by atoms with Crippen molar-refractivity contribution in [1.29, 1.82) is 0 Å². The number of pyridine rings is 1. The summed E-state index contributed by atoms with van der Waals surface area (Å²) in [7, 11) is 3.70. The van der Waals surface area contributed by atoms with Crippen LogP contribution in [0.2, 0.25) is 5.15 Å². The number of carbonyl (C=O) groups is 1. The molecule has 0 aliphatic carbocycles. The molecule has 0 bridgehead atoms. The molecular weight excluding hydrogens is 188 g/mol. The van der Waals surface area contributed by atoms with Gasteiger partial charge in [0, 0.05) is 11.8 Å². The number of rotatable bonds is 3. The Bertz CT molecular complexity index is 312. The fourth-order valence-electron chi connectivity index (χ4n) is 0.954. The topological polar surface area (TPSA) is 33.2 Å². The van der Waals surface area contributed by atoms with E-state index in [1.807, 2.05) is 19.0 Å². The molecule has 0 unspecified atom stereocenters. The van der Waals surface area contributed by atoms with E-state index in [0.717, 1.165) is 0 Å². The Kier molecular flexibility index (Phi) is 3.39. The molecule has 0 amide bonds. The van der Waals surface area contributed by atoms with Gasteiger partial charge in [-0.05, 0) is 26.2 Å². The van der Waals surface area contributed by atoms with Gasteiger partial charge in [-0.3, -0.25) is 4.79 Å². The van der Waals surface area contributed by atoms with Crippen LogP contribution in [0.5, 0.6) is 0 Å². The molecule has 0 aliphatic heterocycles. The van der Waals surface area contributed by atoms with Gasteiger partial charge in [-0.25, -0.2) is 4.98 Å². The molecule has 1 aromatic heterocycles. The van der Waals surface area contributed by atoms with E-state index in [-0.39, 0.29) is 5.78 Å². The molecule has 0 atom stereocenters. The highest BCUT2D eigenvalue weighted by Gasteiger charge is 2.06. The van der Waals surface area contributed by atoms with Crippen LogP contribution in [-0.2, 0) is 0 Å². The van der Waals surface area contributed by atoms with Crippen LogP contribution < -0.4 is 0 Å². The van der Waals surface area contributed by atoms with Crippen molar-refractivity contribution in [1.82, 2.24) is 9.88 Å². The van der Waals surface area contributed by atoms with Crippen molar-refractivity contribution in [2.45, 2.75) is 0 Å². The van der Waals surface area contributed by atoms with Crippen molar-refractivity contribution >= 4 is 17.4 Å². The molecule has 70 valence electrons. The minimum atomic E-state index is 0.0503. The van der Waals surface area contributed by atoms with Gasteiger partial charge in [0.1, 0.15) is 5.15 Å². The summed E-state index contributed by atoms with van der Waals surface area (Å²) in [5, 5.41) is 0.351. The molecule has 0 spiro atoms. The average molecular weight is 199 g/mol. The molecule has 0 N–H and O–H groups in total. The molecule has 0 saturated heterocycles. The SMILES string of the molecule is CN(C)CC(=O)c1ccnc(Cl)c1. The molecular formula is C9H11ClN2O. The monoisotopic (exact) mass is 198 g/mol. The summed E-state index contributed by atoms with van der Waals surface area (Å²) in [6, 6.07) is 3.24. The van der Waals surface area contributed by atoms with E-state index in [4.69, 9.17) is 11.6 Å². The quantitative estimate of drug-likeness (QED) is 0.545. The zero-order chi connectivity index (χ0) is 9.84. The standard InChI is InChI=1S/C9H11ClN2O/c1-12(2)6-8(13)7-3-4-11-9(10)5-7/h3-5H,6H2,1-2H3. The second-order valence-electron chi connectivity index (χ2n) is 3.03. The fraction of sp³-hybridized carbons (Fsp3) is 0.333. The van der Waals surface area contributed by atoms with Gasteiger partial charge in [0.2, 0.25) is 0 Å². The number of aromatic nitrogens is 1. The molecule has 1 rings (SSSR count). The second kappa shape index (κ2) is 4.35. The largest absolute Gasteiger partial charge is 0.302 e. The van der Waals surface area contributed by atoms with Gasteiger partial charge in [0.25, 0.3) is 0 Å². The first-order valence-electron chi connectivity index (χ1n) is 3.89. The van der Waals surface area contributed by atoms with E-state index in [1.54, 1.807) is 12.1 Å². The van der Waals surface area contributed by atoms with Crippen molar-refractivity contribution in [2.75, 3.05) is 20.6 Å². The van der Waals surface area contributed by atoms with Gasteiger partial charge in [0.05, 0.1) is 6.54 Å². The Morgan fingerprint density at radius 2 is 2.31 bits per heavy atom. The zero-order valence-electron chi connectivity index (χ0n) is 7.62. The summed E-state index contributed by atoms with van der Waals surface area (Å²) in [6.07, 6.45) is 1.53. The number of halogens is 1. The normalized spacial score (nSPS) is 10.5. The number of ketones is 1. The Labute approximate surface area is 82.3 Å². The van der Waals surface area contributed by atoms with Gasteiger partial charge in [-0.2, -0.15) is 0 Å². The maximum atomic E-state index is 11.5. The van der Waals surface area contributed by atoms with Crippen LogP contribution in [0.1, 0.15) is 10.4 Å². The van der Waals surface area contributed by atoms with Gasteiger partial charge in [-0.1, -0.05) is 11.6 Å². The van der Waals surface area contributed by atoms with Crippen molar-refractivity contribution in [3.8, 4) is 0 Å². The summed E-state index contributed by atoms with van der Waals surface area (Å²) >= 11 is 5.65. The number of likely N-dealkylation sites (N-methyl/N-ethyl adjacent to an activating group) is 1. The third-order valence-electron chi connectivity index (χ3n) is 1.51. The van der Waals surface area contributed by atoms with Crippen molar-refractivity contribution < 1.29 is 4.79 Å². The molecule has 0 fully saturated rings. The molecule has 1 aromatic rings. The fourth-order valence-corrected chi connectivity index (χ4v) is 1.13. The minimum absolute atomic E-state index is 0.0503. The summed E-state index contributed by atoms with van der Waals surface area (Å²) in [5.74, 6) is 0.0503. The van der Waals surface area contributed by atoms with Gasteiger partial charge >= 0.3 is 0 Å². The molecule has 4 heteroatoms. The van der Waals surface area contributed by atoms with E-state index in [9.17, 15) is 4.79 Å². The van der Waals surface area contributed by atoms with Crippen molar-refractivity contribution in [3.63, 3.8) is 0 Å². The van der Waals surface area contributed by atoms with Gasteiger partial charge in [0.15, 0.2) is 5.78 Å². The van der Waals surface area contributed by atoms with Gasteiger partial charge in [-0.15, -0.1) is 0 Å². The van der Waals surface area contributed by atoms with Crippen LogP contribution in [0.4, 0.5) is 0 Å². The Morgan fingerprint density at radius 1 is 1.62 bits per heavy atom. The highest BCUT2D eigenvalue weighted by atomic mass is 35.5.